The number of carbonyl (C=O) groups is 2. The summed E-state index contributed by atoms with van der Waals surface area (Å²) in [5, 5.41) is 20.1. The number of carbonyl (C=O) groups excluding carboxylic acids is 1. The molecule has 2 aromatic carbocycles. The molecule has 1 atom stereocenters. The molecule has 0 spiro atoms. The smallest absolute Gasteiger partial charge is 0.320 e. The van der Waals surface area contributed by atoms with Crippen molar-refractivity contribution in [2.24, 2.45) is 11.5 Å². The molecule has 0 aliphatic rings. The number of amides is 1. The topological polar surface area (TPSA) is 180 Å². The van der Waals surface area contributed by atoms with E-state index < -0.39 is 39.5 Å². The molecule has 0 radical (unpaired) electrons. The first-order chi connectivity index (χ1) is 16.7. The summed E-state index contributed by atoms with van der Waals surface area (Å²) in [6.45, 7) is -0.0781. The van der Waals surface area contributed by atoms with Gasteiger partial charge in [0.15, 0.2) is 15.8 Å². The zero-order valence-electron chi connectivity index (χ0n) is 18.6. The second-order valence-electron chi connectivity index (χ2n) is 7.61. The van der Waals surface area contributed by atoms with Gasteiger partial charge < -0.3 is 21.9 Å². The number of rotatable bonds is 11. The second-order valence-corrected chi connectivity index (χ2v) is 11.2. The van der Waals surface area contributed by atoms with E-state index in [2.05, 4.69) is 5.32 Å². The SMILES string of the molecule is N=C(N)N(CCCC(N)C(=O)O)C(=O)CS(=O)(=O)c1ccc(Cl)c(Cl)c1NCc1ccc(Cl)c(Cl)c1. The predicted octanol–water partition coefficient (Wildman–Crippen LogP) is 3.60. The molecule has 1 unspecified atom stereocenters. The Morgan fingerprint density at radius 3 is 2.31 bits per heavy atom. The van der Waals surface area contributed by atoms with Crippen LogP contribution in [-0.2, 0) is 26.0 Å². The van der Waals surface area contributed by atoms with E-state index in [9.17, 15) is 18.0 Å². The van der Waals surface area contributed by atoms with E-state index in [1.165, 1.54) is 12.1 Å². The Hall–Kier alpha value is -2.28. The van der Waals surface area contributed by atoms with Crippen molar-refractivity contribution in [1.29, 1.82) is 5.41 Å². The average molecular weight is 599 g/mol. The minimum Gasteiger partial charge on any atom is -0.480 e. The van der Waals surface area contributed by atoms with Crippen LogP contribution in [0.3, 0.4) is 0 Å². The Kier molecular flexibility index (Phi) is 10.6. The Bertz CT molecular complexity index is 1280. The first-order valence-corrected chi connectivity index (χ1v) is 13.4. The van der Waals surface area contributed by atoms with E-state index in [-0.39, 0.29) is 46.6 Å². The number of nitrogens with two attached hydrogens (primary N) is 2. The zero-order valence-corrected chi connectivity index (χ0v) is 22.4. The molecule has 0 saturated heterocycles. The van der Waals surface area contributed by atoms with Crippen LogP contribution in [0.4, 0.5) is 5.69 Å². The van der Waals surface area contributed by atoms with Crippen molar-refractivity contribution in [3.8, 4) is 0 Å². The number of guanidine groups is 1. The number of nitrogens with zero attached hydrogens (tertiary/aromatic N) is 1. The molecule has 2 rings (SSSR count). The molecule has 0 saturated carbocycles. The molecule has 0 heterocycles. The van der Waals surface area contributed by atoms with Gasteiger partial charge in [0, 0.05) is 13.1 Å². The van der Waals surface area contributed by atoms with Crippen molar-refractivity contribution in [2.75, 3.05) is 17.6 Å². The van der Waals surface area contributed by atoms with Crippen LogP contribution in [0.15, 0.2) is 35.2 Å². The van der Waals surface area contributed by atoms with Crippen molar-refractivity contribution in [1.82, 2.24) is 4.90 Å². The number of carboxylic acid groups (broad SMARTS) is 1. The molecule has 196 valence electrons. The van der Waals surface area contributed by atoms with Gasteiger partial charge in [-0.1, -0.05) is 52.5 Å². The molecular formula is C21H23Cl4N5O5S. The van der Waals surface area contributed by atoms with Gasteiger partial charge in [-0.2, -0.15) is 0 Å². The summed E-state index contributed by atoms with van der Waals surface area (Å²) in [5.74, 6) is -3.92. The molecule has 15 heteroatoms. The zero-order chi connectivity index (χ0) is 27.2. The third-order valence-corrected chi connectivity index (χ3v) is 8.14. The summed E-state index contributed by atoms with van der Waals surface area (Å²) in [6.07, 6.45) is 0.0801. The molecule has 36 heavy (non-hydrogen) atoms. The number of hydrogen-bond donors (Lipinski definition) is 5. The minimum absolute atomic E-state index is 0.00524. The van der Waals surface area contributed by atoms with Gasteiger partial charge in [-0.3, -0.25) is 19.9 Å². The highest BCUT2D eigenvalue weighted by molar-refractivity contribution is 7.92. The quantitative estimate of drug-likeness (QED) is 0.192. The van der Waals surface area contributed by atoms with Gasteiger partial charge >= 0.3 is 5.97 Å². The van der Waals surface area contributed by atoms with Gasteiger partial charge in [-0.15, -0.1) is 0 Å². The number of benzene rings is 2. The fraction of sp³-hybridized carbons (Fsp3) is 0.286. The lowest BCUT2D eigenvalue weighted by molar-refractivity contribution is -0.138. The predicted molar refractivity (Wildman–Crippen MR) is 141 cm³/mol. The largest absolute Gasteiger partial charge is 0.480 e. The van der Waals surface area contributed by atoms with Gasteiger partial charge in [0.1, 0.15) is 11.8 Å². The lowest BCUT2D eigenvalue weighted by Gasteiger charge is -2.22. The average Bonchev–Trinajstić information content (AvgIpc) is 2.78. The number of halogens is 4. The maximum atomic E-state index is 13.2. The Labute approximate surface area is 227 Å². The number of nitrogens with one attached hydrogen (secondary N) is 2. The highest BCUT2D eigenvalue weighted by atomic mass is 35.5. The van der Waals surface area contributed by atoms with Gasteiger partial charge in [0.2, 0.25) is 5.91 Å². The molecule has 0 aliphatic heterocycles. The normalized spacial score (nSPS) is 12.1. The maximum absolute atomic E-state index is 13.2. The molecule has 1 amide bonds. The van der Waals surface area contributed by atoms with Crippen molar-refractivity contribution in [2.45, 2.75) is 30.3 Å². The summed E-state index contributed by atoms with van der Waals surface area (Å²) in [4.78, 5) is 24.1. The molecule has 2 aromatic rings. The van der Waals surface area contributed by atoms with Crippen molar-refractivity contribution in [3.63, 3.8) is 0 Å². The van der Waals surface area contributed by atoms with Crippen LogP contribution in [0.2, 0.25) is 20.1 Å². The number of carboxylic acids is 1. The van der Waals surface area contributed by atoms with E-state index in [1.807, 2.05) is 0 Å². The molecule has 7 N–H and O–H groups in total. The van der Waals surface area contributed by atoms with E-state index >= 15 is 0 Å². The van der Waals surface area contributed by atoms with Crippen LogP contribution in [0, 0.1) is 5.41 Å². The number of hydrogen-bond acceptors (Lipinski definition) is 7. The van der Waals surface area contributed by atoms with E-state index in [0.717, 1.165) is 4.90 Å². The summed E-state index contributed by atoms with van der Waals surface area (Å²) in [7, 11) is -4.30. The first-order valence-electron chi connectivity index (χ1n) is 10.3. The van der Waals surface area contributed by atoms with Gasteiger partial charge in [-0.05, 0) is 42.7 Å². The van der Waals surface area contributed by atoms with Crippen LogP contribution >= 0.6 is 46.4 Å². The second kappa shape index (κ2) is 12.8. The molecule has 0 fully saturated rings. The number of sulfone groups is 1. The van der Waals surface area contributed by atoms with Gasteiger partial charge in [-0.25, -0.2) is 8.42 Å². The van der Waals surface area contributed by atoms with Gasteiger partial charge in [0.05, 0.1) is 30.7 Å². The Morgan fingerprint density at radius 2 is 1.72 bits per heavy atom. The molecule has 0 bridgehead atoms. The highest BCUT2D eigenvalue weighted by Crippen LogP contribution is 2.36. The van der Waals surface area contributed by atoms with E-state index in [1.54, 1.807) is 18.2 Å². The lowest BCUT2D eigenvalue weighted by Crippen LogP contribution is -2.45. The standard InChI is InChI=1S/C21H23Cl4N5O5S/c22-12-4-3-11(8-14(12)24)9-29-19-16(6-5-13(23)18(19)25)36(34,35)10-17(31)30(21(27)28)7-1-2-15(26)20(32)33/h3-6,8,15,29H,1-2,7,9-10,26H2,(H3,27,28)(H,32,33). The molecule has 0 aromatic heterocycles. The lowest BCUT2D eigenvalue weighted by atomic mass is 10.1. The minimum atomic E-state index is -4.30. The van der Waals surface area contributed by atoms with Crippen LogP contribution in [-0.4, -0.2) is 54.6 Å². The monoisotopic (exact) mass is 597 g/mol. The highest BCUT2D eigenvalue weighted by Gasteiger charge is 2.29. The fourth-order valence-electron chi connectivity index (χ4n) is 3.09. The molecule has 10 nitrogen and oxygen atoms in total. The van der Waals surface area contributed by atoms with E-state index in [4.69, 9.17) is 68.4 Å². The fourth-order valence-corrected chi connectivity index (χ4v) is 5.25. The third kappa shape index (κ3) is 7.86. The molecular weight excluding hydrogens is 576 g/mol. The molecule has 0 aliphatic carbocycles. The Morgan fingerprint density at radius 1 is 1.08 bits per heavy atom. The van der Waals surface area contributed by atoms with Crippen LogP contribution in [0.1, 0.15) is 18.4 Å². The van der Waals surface area contributed by atoms with Crippen LogP contribution < -0.4 is 16.8 Å². The summed E-state index contributed by atoms with van der Waals surface area (Å²) < 4.78 is 26.4. The van der Waals surface area contributed by atoms with E-state index in [0.29, 0.717) is 15.6 Å². The van der Waals surface area contributed by atoms with Crippen LogP contribution in [0.5, 0.6) is 0 Å². The van der Waals surface area contributed by atoms with Crippen LogP contribution in [0.25, 0.3) is 0 Å². The summed E-state index contributed by atoms with van der Waals surface area (Å²) in [5.41, 5.74) is 11.5. The first kappa shape index (κ1) is 29.9. The maximum Gasteiger partial charge on any atom is 0.320 e. The van der Waals surface area contributed by atoms with Crippen molar-refractivity contribution in [3.05, 3.63) is 56.0 Å². The van der Waals surface area contributed by atoms with Gasteiger partial charge in [0.25, 0.3) is 0 Å². The number of anilines is 1. The Balaban J connectivity index is 2.26. The summed E-state index contributed by atoms with van der Waals surface area (Å²) in [6, 6.07) is 6.17. The third-order valence-electron chi connectivity index (χ3n) is 4.96. The summed E-state index contributed by atoms with van der Waals surface area (Å²) >= 11 is 24.3. The van der Waals surface area contributed by atoms with Crippen molar-refractivity contribution < 1.29 is 23.1 Å². The number of aliphatic carboxylic acids is 1. The van der Waals surface area contributed by atoms with Crippen molar-refractivity contribution >= 4 is 79.8 Å².